The monoisotopic (exact) mass is 393 g/mol. The zero-order valence-corrected chi connectivity index (χ0v) is 15.6. The van der Waals surface area contributed by atoms with E-state index in [4.69, 9.17) is 9.47 Å². The SMILES string of the molecule is CCOC(=O)C1=C(C)N(CCOC)C(=O)/C1=C\c1ccccc1Br. The van der Waals surface area contributed by atoms with Crippen LogP contribution in [-0.2, 0) is 19.1 Å². The number of amides is 1. The van der Waals surface area contributed by atoms with Crippen LogP contribution in [0.4, 0.5) is 0 Å². The molecule has 2 rings (SSSR count). The molecule has 0 saturated heterocycles. The Morgan fingerprint density at radius 3 is 2.67 bits per heavy atom. The molecule has 0 fully saturated rings. The highest BCUT2D eigenvalue weighted by molar-refractivity contribution is 9.10. The first-order chi connectivity index (χ1) is 11.5. The molecule has 0 radical (unpaired) electrons. The minimum Gasteiger partial charge on any atom is -0.462 e. The maximum atomic E-state index is 12.8. The number of hydrogen-bond acceptors (Lipinski definition) is 4. The van der Waals surface area contributed by atoms with Crippen molar-refractivity contribution in [2.24, 2.45) is 0 Å². The summed E-state index contributed by atoms with van der Waals surface area (Å²) in [5.74, 6) is -0.704. The second-order valence-corrected chi connectivity index (χ2v) is 6.06. The number of carbonyl (C=O) groups is 2. The van der Waals surface area contributed by atoms with Crippen LogP contribution >= 0.6 is 15.9 Å². The molecule has 1 heterocycles. The molecular formula is C18H20BrNO4. The predicted molar refractivity (Wildman–Crippen MR) is 95.0 cm³/mol. The summed E-state index contributed by atoms with van der Waals surface area (Å²) in [5, 5.41) is 0. The molecule has 1 aromatic carbocycles. The quantitative estimate of drug-likeness (QED) is 0.550. The number of nitrogens with zero attached hydrogens (tertiary/aromatic N) is 1. The Bertz CT molecular complexity index is 709. The summed E-state index contributed by atoms with van der Waals surface area (Å²) in [7, 11) is 1.57. The van der Waals surface area contributed by atoms with Crippen LogP contribution in [0.3, 0.4) is 0 Å². The molecule has 24 heavy (non-hydrogen) atoms. The van der Waals surface area contributed by atoms with Gasteiger partial charge in [0.05, 0.1) is 24.4 Å². The highest BCUT2D eigenvalue weighted by Gasteiger charge is 2.36. The molecule has 0 atom stereocenters. The smallest absolute Gasteiger partial charge is 0.340 e. The van der Waals surface area contributed by atoms with E-state index in [0.717, 1.165) is 10.0 Å². The molecule has 0 aliphatic carbocycles. The number of methoxy groups -OCH3 is 1. The molecule has 1 aromatic rings. The number of halogens is 1. The lowest BCUT2D eigenvalue weighted by Crippen LogP contribution is -2.28. The van der Waals surface area contributed by atoms with E-state index >= 15 is 0 Å². The lowest BCUT2D eigenvalue weighted by molar-refractivity contribution is -0.138. The summed E-state index contributed by atoms with van der Waals surface area (Å²) in [5.41, 5.74) is 2.07. The Balaban J connectivity index is 2.49. The van der Waals surface area contributed by atoms with E-state index in [1.165, 1.54) is 0 Å². The van der Waals surface area contributed by atoms with E-state index in [1.54, 1.807) is 31.9 Å². The number of ether oxygens (including phenoxy) is 2. The van der Waals surface area contributed by atoms with E-state index in [1.807, 2.05) is 24.3 Å². The van der Waals surface area contributed by atoms with Crippen molar-refractivity contribution in [2.75, 3.05) is 26.9 Å². The maximum Gasteiger partial charge on any atom is 0.340 e. The van der Waals surface area contributed by atoms with Gasteiger partial charge in [0.1, 0.15) is 0 Å². The standard InChI is InChI=1S/C18H20BrNO4/c1-4-24-18(22)16-12(2)20(9-10-23-3)17(21)14(16)11-13-7-5-6-8-15(13)19/h5-8,11H,4,9-10H2,1-3H3/b14-11-. The van der Waals surface area contributed by atoms with Gasteiger partial charge in [-0.05, 0) is 31.6 Å². The van der Waals surface area contributed by atoms with E-state index < -0.39 is 5.97 Å². The van der Waals surface area contributed by atoms with E-state index in [2.05, 4.69) is 15.9 Å². The van der Waals surface area contributed by atoms with Gasteiger partial charge in [-0.1, -0.05) is 34.1 Å². The lowest BCUT2D eigenvalue weighted by Gasteiger charge is -2.16. The van der Waals surface area contributed by atoms with Crippen molar-refractivity contribution in [1.29, 1.82) is 0 Å². The van der Waals surface area contributed by atoms with Crippen LogP contribution in [0, 0.1) is 0 Å². The molecular weight excluding hydrogens is 374 g/mol. The first kappa shape index (κ1) is 18.4. The van der Waals surface area contributed by atoms with Crippen LogP contribution in [0.2, 0.25) is 0 Å². The minimum atomic E-state index is -0.485. The number of benzene rings is 1. The van der Waals surface area contributed by atoms with Crippen molar-refractivity contribution < 1.29 is 19.1 Å². The van der Waals surface area contributed by atoms with Gasteiger partial charge in [-0.25, -0.2) is 4.79 Å². The minimum absolute atomic E-state index is 0.219. The molecule has 0 aromatic heterocycles. The molecule has 0 unspecified atom stereocenters. The summed E-state index contributed by atoms with van der Waals surface area (Å²) in [6.45, 7) is 4.52. The van der Waals surface area contributed by atoms with Crippen LogP contribution in [-0.4, -0.2) is 43.6 Å². The van der Waals surface area contributed by atoms with E-state index in [-0.39, 0.29) is 12.5 Å². The first-order valence-corrected chi connectivity index (χ1v) is 8.46. The van der Waals surface area contributed by atoms with Crippen molar-refractivity contribution in [3.8, 4) is 0 Å². The number of esters is 1. The zero-order valence-electron chi connectivity index (χ0n) is 14.0. The van der Waals surface area contributed by atoms with Crippen LogP contribution < -0.4 is 0 Å². The molecule has 0 bridgehead atoms. The summed E-state index contributed by atoms with van der Waals surface area (Å²) in [6, 6.07) is 7.52. The fraction of sp³-hybridized carbons (Fsp3) is 0.333. The normalized spacial score (nSPS) is 16.2. The van der Waals surface area contributed by atoms with Crippen LogP contribution in [0.15, 0.2) is 45.6 Å². The molecule has 1 aliphatic rings. The fourth-order valence-corrected chi connectivity index (χ4v) is 2.93. The van der Waals surface area contributed by atoms with Crippen molar-refractivity contribution in [1.82, 2.24) is 4.90 Å². The number of allylic oxidation sites excluding steroid dienone is 1. The van der Waals surface area contributed by atoms with Gasteiger partial charge >= 0.3 is 5.97 Å². The van der Waals surface area contributed by atoms with Gasteiger partial charge in [-0.3, -0.25) is 4.79 Å². The second kappa shape index (κ2) is 8.26. The Morgan fingerprint density at radius 1 is 1.33 bits per heavy atom. The highest BCUT2D eigenvalue weighted by atomic mass is 79.9. The Labute approximate surface area is 150 Å². The van der Waals surface area contributed by atoms with Crippen LogP contribution in [0.25, 0.3) is 6.08 Å². The molecule has 1 amide bonds. The summed E-state index contributed by atoms with van der Waals surface area (Å²) in [4.78, 5) is 26.7. The predicted octanol–water partition coefficient (Wildman–Crippen LogP) is 3.16. The van der Waals surface area contributed by atoms with Gasteiger partial charge in [0, 0.05) is 23.8 Å². The van der Waals surface area contributed by atoms with Crippen molar-refractivity contribution in [3.63, 3.8) is 0 Å². The third-order valence-electron chi connectivity index (χ3n) is 3.72. The number of carbonyl (C=O) groups excluding carboxylic acids is 2. The Hall–Kier alpha value is -1.92. The van der Waals surface area contributed by atoms with Crippen LogP contribution in [0.1, 0.15) is 19.4 Å². The van der Waals surface area contributed by atoms with Gasteiger partial charge in [-0.2, -0.15) is 0 Å². The molecule has 5 nitrogen and oxygen atoms in total. The van der Waals surface area contributed by atoms with Crippen LogP contribution in [0.5, 0.6) is 0 Å². The van der Waals surface area contributed by atoms with Gasteiger partial charge in [0.25, 0.3) is 5.91 Å². The largest absolute Gasteiger partial charge is 0.462 e. The Kier molecular flexibility index (Phi) is 6.34. The third-order valence-corrected chi connectivity index (χ3v) is 4.44. The molecule has 0 spiro atoms. The topological polar surface area (TPSA) is 55.8 Å². The van der Waals surface area contributed by atoms with Gasteiger partial charge in [0.2, 0.25) is 0 Å². The highest BCUT2D eigenvalue weighted by Crippen LogP contribution is 2.32. The van der Waals surface area contributed by atoms with Gasteiger partial charge in [0.15, 0.2) is 0 Å². The first-order valence-electron chi connectivity index (χ1n) is 7.66. The van der Waals surface area contributed by atoms with E-state index in [0.29, 0.717) is 30.0 Å². The zero-order chi connectivity index (χ0) is 17.7. The van der Waals surface area contributed by atoms with Gasteiger partial charge in [-0.15, -0.1) is 0 Å². The summed E-state index contributed by atoms with van der Waals surface area (Å²) in [6.07, 6.45) is 1.72. The third kappa shape index (κ3) is 3.76. The molecule has 1 aliphatic heterocycles. The van der Waals surface area contributed by atoms with Crippen molar-refractivity contribution >= 4 is 33.9 Å². The Morgan fingerprint density at radius 2 is 2.04 bits per heavy atom. The number of hydrogen-bond donors (Lipinski definition) is 0. The summed E-state index contributed by atoms with van der Waals surface area (Å²) < 4.78 is 11.0. The maximum absolute atomic E-state index is 12.8. The average molecular weight is 394 g/mol. The average Bonchev–Trinajstić information content (AvgIpc) is 2.78. The van der Waals surface area contributed by atoms with E-state index in [9.17, 15) is 9.59 Å². The fourth-order valence-electron chi connectivity index (χ4n) is 2.53. The molecule has 6 heteroatoms. The summed E-state index contributed by atoms with van der Waals surface area (Å²) >= 11 is 3.46. The lowest BCUT2D eigenvalue weighted by atomic mass is 10.0. The van der Waals surface area contributed by atoms with Crippen molar-refractivity contribution in [2.45, 2.75) is 13.8 Å². The molecule has 128 valence electrons. The van der Waals surface area contributed by atoms with Gasteiger partial charge < -0.3 is 14.4 Å². The van der Waals surface area contributed by atoms with Crippen molar-refractivity contribution in [3.05, 3.63) is 51.1 Å². The second-order valence-electron chi connectivity index (χ2n) is 5.21. The molecule has 0 N–H and O–H groups in total. The molecule has 0 saturated carbocycles. The number of rotatable bonds is 6.